The van der Waals surface area contributed by atoms with E-state index in [9.17, 15) is 4.79 Å². The van der Waals surface area contributed by atoms with Gasteiger partial charge in [-0.05, 0) is 50.2 Å². The van der Waals surface area contributed by atoms with E-state index >= 15 is 0 Å². The first-order chi connectivity index (χ1) is 14.0. The van der Waals surface area contributed by atoms with Crippen LogP contribution in [-0.4, -0.2) is 24.1 Å². The van der Waals surface area contributed by atoms with Gasteiger partial charge in [-0.25, -0.2) is 0 Å². The second-order valence-corrected chi connectivity index (χ2v) is 7.16. The molecule has 152 valence electrons. The highest BCUT2D eigenvalue weighted by molar-refractivity contribution is 7.80. The maximum absolute atomic E-state index is 13.3. The van der Waals surface area contributed by atoms with Crippen LogP contribution in [0.2, 0.25) is 0 Å². The average Bonchev–Trinajstić information content (AvgIpc) is 2.72. The minimum atomic E-state index is -0.379. The first kappa shape index (κ1) is 20.9. The molecule has 0 radical (unpaired) electrons. The number of carbonyl (C=O) groups excluding carboxylic acids is 1. The highest BCUT2D eigenvalue weighted by atomic mass is 32.1. The first-order valence-corrected chi connectivity index (χ1v) is 10.2. The number of allylic oxidation sites excluding steroid dienone is 1. The molecule has 0 aromatic heterocycles. The lowest BCUT2D eigenvalue weighted by Gasteiger charge is -2.30. The third-order valence-electron chi connectivity index (χ3n) is 4.61. The predicted octanol–water partition coefficient (Wildman–Crippen LogP) is 4.55. The van der Waals surface area contributed by atoms with Crippen molar-refractivity contribution in [3.05, 3.63) is 70.9 Å². The van der Waals surface area contributed by atoms with Crippen molar-refractivity contribution in [3.63, 3.8) is 0 Å². The van der Waals surface area contributed by atoms with Crippen LogP contribution in [0.15, 0.2) is 59.8 Å². The first-order valence-electron chi connectivity index (χ1n) is 9.82. The van der Waals surface area contributed by atoms with Crippen LogP contribution in [0.4, 0.5) is 0 Å². The fourth-order valence-corrected chi connectivity index (χ4v) is 3.56. The standard InChI is InChI=1S/C23H26N2O3S/c1-4-13-28-18-12-11-17(14-19(18)27-5-2)21-20(15(3)24-23(29)25-21)22(26)16-9-7-6-8-10-16/h6-12,14,21H,4-5,13H2,1-3H3,(H2,24,25,29). The molecule has 1 aliphatic heterocycles. The van der Waals surface area contributed by atoms with Crippen LogP contribution in [-0.2, 0) is 0 Å². The molecule has 0 spiro atoms. The van der Waals surface area contributed by atoms with Crippen LogP contribution < -0.4 is 20.1 Å². The van der Waals surface area contributed by atoms with Crippen molar-refractivity contribution in [2.75, 3.05) is 13.2 Å². The van der Waals surface area contributed by atoms with Gasteiger partial charge in [0, 0.05) is 16.8 Å². The summed E-state index contributed by atoms with van der Waals surface area (Å²) < 4.78 is 11.6. The largest absolute Gasteiger partial charge is 0.490 e. The molecule has 6 heteroatoms. The molecule has 2 N–H and O–H groups in total. The molecule has 1 unspecified atom stereocenters. The monoisotopic (exact) mass is 410 g/mol. The molecule has 0 saturated heterocycles. The van der Waals surface area contributed by atoms with Crippen molar-refractivity contribution >= 4 is 23.1 Å². The molecule has 0 fully saturated rings. The van der Waals surface area contributed by atoms with Crippen molar-refractivity contribution in [2.45, 2.75) is 33.2 Å². The molecule has 0 amide bonds. The lowest BCUT2D eigenvalue weighted by Crippen LogP contribution is -2.44. The van der Waals surface area contributed by atoms with E-state index in [1.54, 1.807) is 0 Å². The van der Waals surface area contributed by atoms with Gasteiger partial charge in [0.1, 0.15) is 0 Å². The number of Topliss-reactive ketones (excluding diaryl/α,β-unsaturated/α-hetero) is 1. The number of thiocarbonyl (C=S) groups is 1. The SMILES string of the molecule is CCCOc1ccc(C2NC(=S)NC(C)=C2C(=O)c2ccccc2)cc1OCC. The molecule has 2 aromatic rings. The van der Waals surface area contributed by atoms with E-state index in [1.165, 1.54) is 0 Å². The van der Waals surface area contributed by atoms with Crippen LogP contribution in [0.3, 0.4) is 0 Å². The minimum Gasteiger partial charge on any atom is -0.490 e. The Hall–Kier alpha value is -2.86. The summed E-state index contributed by atoms with van der Waals surface area (Å²) in [5.74, 6) is 1.32. The van der Waals surface area contributed by atoms with Crippen LogP contribution in [0.1, 0.15) is 49.2 Å². The van der Waals surface area contributed by atoms with Gasteiger partial charge in [0.15, 0.2) is 22.4 Å². The van der Waals surface area contributed by atoms with Gasteiger partial charge in [0.2, 0.25) is 0 Å². The van der Waals surface area contributed by atoms with E-state index < -0.39 is 0 Å². The summed E-state index contributed by atoms with van der Waals surface area (Å²) in [7, 11) is 0. The third-order valence-corrected chi connectivity index (χ3v) is 4.83. The maximum Gasteiger partial charge on any atom is 0.193 e. The van der Waals surface area contributed by atoms with Gasteiger partial charge in [0.25, 0.3) is 0 Å². The topological polar surface area (TPSA) is 59.6 Å². The van der Waals surface area contributed by atoms with Crippen molar-refractivity contribution in [1.82, 2.24) is 10.6 Å². The number of ketones is 1. The van der Waals surface area contributed by atoms with Crippen molar-refractivity contribution in [1.29, 1.82) is 0 Å². The van der Waals surface area contributed by atoms with Gasteiger partial charge < -0.3 is 20.1 Å². The average molecular weight is 411 g/mol. The van der Waals surface area contributed by atoms with E-state index in [0.29, 0.717) is 41.0 Å². The summed E-state index contributed by atoms with van der Waals surface area (Å²) in [6.07, 6.45) is 0.912. The summed E-state index contributed by atoms with van der Waals surface area (Å²) in [6.45, 7) is 7.01. The fraction of sp³-hybridized carbons (Fsp3) is 0.304. The zero-order chi connectivity index (χ0) is 20.8. The van der Waals surface area contributed by atoms with Gasteiger partial charge in [-0.2, -0.15) is 0 Å². The summed E-state index contributed by atoms with van der Waals surface area (Å²) in [5, 5.41) is 6.81. The molecule has 1 aliphatic rings. The Morgan fingerprint density at radius 3 is 2.52 bits per heavy atom. The minimum absolute atomic E-state index is 0.0418. The Kier molecular flexibility index (Phi) is 6.88. The smallest absolute Gasteiger partial charge is 0.193 e. The summed E-state index contributed by atoms with van der Waals surface area (Å²) >= 11 is 5.36. The predicted molar refractivity (Wildman–Crippen MR) is 118 cm³/mol. The number of hydrogen-bond donors (Lipinski definition) is 2. The highest BCUT2D eigenvalue weighted by Crippen LogP contribution is 2.35. The number of benzene rings is 2. The Labute approximate surface area is 177 Å². The lowest BCUT2D eigenvalue weighted by atomic mass is 9.89. The van der Waals surface area contributed by atoms with Crippen LogP contribution in [0.5, 0.6) is 11.5 Å². The molecule has 3 rings (SSSR count). The second-order valence-electron chi connectivity index (χ2n) is 6.75. The summed E-state index contributed by atoms with van der Waals surface area (Å²) in [5.41, 5.74) is 2.90. The van der Waals surface area contributed by atoms with Crippen molar-refractivity contribution in [2.24, 2.45) is 0 Å². The van der Waals surface area contributed by atoms with E-state index in [1.807, 2.05) is 62.4 Å². The fourth-order valence-electron chi connectivity index (χ4n) is 3.29. The molecule has 29 heavy (non-hydrogen) atoms. The zero-order valence-electron chi connectivity index (χ0n) is 17.0. The Morgan fingerprint density at radius 2 is 1.83 bits per heavy atom. The summed E-state index contributed by atoms with van der Waals surface area (Å²) in [6, 6.07) is 14.6. The van der Waals surface area contributed by atoms with E-state index in [0.717, 1.165) is 17.7 Å². The van der Waals surface area contributed by atoms with Gasteiger partial charge in [-0.3, -0.25) is 4.79 Å². The molecule has 2 aromatic carbocycles. The van der Waals surface area contributed by atoms with Crippen LogP contribution in [0, 0.1) is 0 Å². The number of nitrogens with one attached hydrogen (secondary N) is 2. The maximum atomic E-state index is 13.3. The Balaban J connectivity index is 2.02. The van der Waals surface area contributed by atoms with Crippen LogP contribution >= 0.6 is 12.2 Å². The zero-order valence-corrected chi connectivity index (χ0v) is 17.8. The second kappa shape index (κ2) is 9.56. The molecule has 1 heterocycles. The summed E-state index contributed by atoms with van der Waals surface area (Å²) in [4.78, 5) is 13.3. The quantitative estimate of drug-likeness (QED) is 0.492. The highest BCUT2D eigenvalue weighted by Gasteiger charge is 2.31. The van der Waals surface area contributed by atoms with E-state index in [4.69, 9.17) is 21.7 Å². The molecular weight excluding hydrogens is 384 g/mol. The van der Waals surface area contributed by atoms with Gasteiger partial charge in [-0.1, -0.05) is 43.3 Å². The van der Waals surface area contributed by atoms with Gasteiger partial charge in [-0.15, -0.1) is 0 Å². The molecule has 5 nitrogen and oxygen atoms in total. The molecule has 0 saturated carbocycles. The van der Waals surface area contributed by atoms with Crippen molar-refractivity contribution in [3.8, 4) is 11.5 Å². The number of ether oxygens (including phenoxy) is 2. The van der Waals surface area contributed by atoms with Crippen molar-refractivity contribution < 1.29 is 14.3 Å². The number of rotatable bonds is 8. The van der Waals surface area contributed by atoms with Crippen LogP contribution in [0.25, 0.3) is 0 Å². The Bertz CT molecular complexity index is 925. The molecule has 0 aliphatic carbocycles. The number of hydrogen-bond acceptors (Lipinski definition) is 4. The normalized spacial score (nSPS) is 16.1. The Morgan fingerprint density at radius 1 is 1.07 bits per heavy atom. The molecular formula is C23H26N2O3S. The number of carbonyl (C=O) groups is 1. The lowest BCUT2D eigenvalue weighted by molar-refractivity contribution is 0.102. The molecule has 1 atom stereocenters. The molecule has 0 bridgehead atoms. The van der Waals surface area contributed by atoms with E-state index in [-0.39, 0.29) is 11.8 Å². The third kappa shape index (κ3) is 4.77. The van der Waals surface area contributed by atoms with Gasteiger partial charge >= 0.3 is 0 Å². The van der Waals surface area contributed by atoms with Gasteiger partial charge in [0.05, 0.1) is 19.3 Å². The van der Waals surface area contributed by atoms with E-state index in [2.05, 4.69) is 17.6 Å².